The van der Waals surface area contributed by atoms with Crippen molar-refractivity contribution in [2.24, 2.45) is 13.0 Å². The Labute approximate surface area is 139 Å². The van der Waals surface area contributed by atoms with Gasteiger partial charge >= 0.3 is 0 Å². The molecule has 1 aromatic carbocycles. The molecule has 23 heavy (non-hydrogen) atoms. The number of amides is 1. The van der Waals surface area contributed by atoms with Crippen molar-refractivity contribution < 1.29 is 4.79 Å². The van der Waals surface area contributed by atoms with Crippen molar-refractivity contribution in [1.29, 1.82) is 0 Å². The molecule has 0 unspecified atom stereocenters. The van der Waals surface area contributed by atoms with E-state index in [0.717, 1.165) is 24.5 Å². The van der Waals surface area contributed by atoms with Crippen LogP contribution in [-0.2, 0) is 24.7 Å². The molecular formula is C17H18ClN3O2. The predicted octanol–water partition coefficient (Wildman–Crippen LogP) is 1.68. The fraction of sp³-hybridized carbons (Fsp3) is 0.353. The molecular weight excluding hydrogens is 314 g/mol. The zero-order valence-corrected chi connectivity index (χ0v) is 13.7. The number of benzene rings is 1. The lowest BCUT2D eigenvalue weighted by molar-refractivity contribution is -0.136. The predicted molar refractivity (Wildman–Crippen MR) is 88.4 cm³/mol. The van der Waals surface area contributed by atoms with E-state index in [2.05, 4.69) is 11.2 Å². The van der Waals surface area contributed by atoms with E-state index in [1.807, 2.05) is 23.1 Å². The number of hydrogen-bond donors (Lipinski definition) is 0. The van der Waals surface area contributed by atoms with Crippen LogP contribution in [0.25, 0.3) is 0 Å². The van der Waals surface area contributed by atoms with Crippen molar-refractivity contribution in [3.05, 3.63) is 63.0 Å². The number of nitrogens with zero attached hydrogens (tertiary/aromatic N) is 3. The minimum absolute atomic E-state index is 0.0542. The highest BCUT2D eigenvalue weighted by atomic mass is 35.5. The van der Waals surface area contributed by atoms with Crippen LogP contribution in [0.2, 0.25) is 5.02 Å². The zero-order chi connectivity index (χ0) is 16.4. The highest BCUT2D eigenvalue weighted by molar-refractivity contribution is 6.30. The summed E-state index contributed by atoms with van der Waals surface area (Å²) < 4.78 is 1.25. The summed E-state index contributed by atoms with van der Waals surface area (Å²) in [7, 11) is 1.58. The summed E-state index contributed by atoms with van der Waals surface area (Å²) in [4.78, 5) is 25.4. The molecule has 1 aromatic heterocycles. The molecule has 0 aliphatic carbocycles. The highest BCUT2D eigenvalue weighted by Gasteiger charge is 2.30. The van der Waals surface area contributed by atoms with E-state index in [4.69, 9.17) is 11.6 Å². The normalized spacial score (nSPS) is 14.6. The van der Waals surface area contributed by atoms with Gasteiger partial charge in [-0.2, -0.15) is 5.10 Å². The van der Waals surface area contributed by atoms with Crippen LogP contribution >= 0.6 is 11.6 Å². The van der Waals surface area contributed by atoms with E-state index in [1.165, 1.54) is 16.3 Å². The molecule has 5 nitrogen and oxygen atoms in total. The van der Waals surface area contributed by atoms with Gasteiger partial charge in [0.05, 0.1) is 12.1 Å². The van der Waals surface area contributed by atoms with E-state index < -0.39 is 0 Å². The maximum atomic E-state index is 12.2. The van der Waals surface area contributed by atoms with Crippen molar-refractivity contribution >= 4 is 17.5 Å². The van der Waals surface area contributed by atoms with Crippen LogP contribution in [0, 0.1) is 5.92 Å². The van der Waals surface area contributed by atoms with Gasteiger partial charge in [-0.25, -0.2) is 4.68 Å². The lowest BCUT2D eigenvalue weighted by atomic mass is 9.92. The van der Waals surface area contributed by atoms with E-state index in [1.54, 1.807) is 13.1 Å². The monoisotopic (exact) mass is 331 g/mol. The van der Waals surface area contributed by atoms with E-state index >= 15 is 0 Å². The maximum absolute atomic E-state index is 12.2. The Morgan fingerprint density at radius 2 is 2.09 bits per heavy atom. The fourth-order valence-corrected chi connectivity index (χ4v) is 3.02. The second-order valence-corrected chi connectivity index (χ2v) is 6.40. The first kappa shape index (κ1) is 15.7. The second-order valence-electron chi connectivity index (χ2n) is 5.96. The molecule has 0 saturated carbocycles. The van der Waals surface area contributed by atoms with E-state index in [9.17, 15) is 9.59 Å². The van der Waals surface area contributed by atoms with Gasteiger partial charge in [-0.05, 0) is 36.1 Å². The molecule has 0 atom stereocenters. The number of likely N-dealkylation sites (tertiary alicyclic amines) is 1. The van der Waals surface area contributed by atoms with E-state index in [0.29, 0.717) is 11.6 Å². The zero-order valence-electron chi connectivity index (χ0n) is 12.9. The molecule has 0 radical (unpaired) electrons. The summed E-state index contributed by atoms with van der Waals surface area (Å²) >= 11 is 5.99. The first-order valence-corrected chi connectivity index (χ1v) is 7.94. The lowest BCUT2D eigenvalue weighted by Gasteiger charge is -2.39. The molecule has 120 valence electrons. The first-order chi connectivity index (χ1) is 11.0. The maximum Gasteiger partial charge on any atom is 0.266 e. The van der Waals surface area contributed by atoms with Crippen LogP contribution < -0.4 is 5.56 Å². The first-order valence-electron chi connectivity index (χ1n) is 7.57. The molecule has 2 heterocycles. The van der Waals surface area contributed by atoms with Crippen LogP contribution in [0.3, 0.4) is 0 Å². The topological polar surface area (TPSA) is 55.2 Å². The van der Waals surface area contributed by atoms with E-state index in [-0.39, 0.29) is 17.9 Å². The summed E-state index contributed by atoms with van der Waals surface area (Å²) in [5.74, 6) is 0.531. The third-order valence-corrected chi connectivity index (χ3v) is 4.31. The molecule has 1 amide bonds. The summed E-state index contributed by atoms with van der Waals surface area (Å²) in [5.41, 5.74) is 1.65. The Bertz CT molecular complexity index is 781. The number of aromatic nitrogens is 2. The third kappa shape index (κ3) is 3.79. The molecule has 1 fully saturated rings. The number of carbonyl (C=O) groups is 1. The average Bonchev–Trinajstić information content (AvgIpc) is 2.46. The third-order valence-electron chi connectivity index (χ3n) is 4.07. The van der Waals surface area contributed by atoms with Crippen molar-refractivity contribution in [2.75, 3.05) is 13.1 Å². The molecule has 0 bridgehead atoms. The average molecular weight is 332 g/mol. The van der Waals surface area contributed by atoms with Crippen molar-refractivity contribution in [1.82, 2.24) is 14.7 Å². The number of carbonyl (C=O) groups excluding carboxylic acids is 1. The van der Waals surface area contributed by atoms with Crippen molar-refractivity contribution in [2.45, 2.75) is 12.8 Å². The highest BCUT2D eigenvalue weighted by Crippen LogP contribution is 2.22. The van der Waals surface area contributed by atoms with Gasteiger partial charge in [-0.1, -0.05) is 23.7 Å². The molecule has 0 N–H and O–H groups in total. The van der Waals surface area contributed by atoms with Gasteiger partial charge in [-0.15, -0.1) is 0 Å². The van der Waals surface area contributed by atoms with Crippen molar-refractivity contribution in [3.8, 4) is 0 Å². The van der Waals surface area contributed by atoms with Crippen LogP contribution in [0.15, 0.2) is 41.2 Å². The van der Waals surface area contributed by atoms with Gasteiger partial charge in [0.1, 0.15) is 0 Å². The van der Waals surface area contributed by atoms with Crippen LogP contribution in [-0.4, -0.2) is 33.7 Å². The molecule has 3 rings (SSSR count). The number of rotatable bonds is 4. The summed E-state index contributed by atoms with van der Waals surface area (Å²) in [6.07, 6.45) is 1.17. The molecule has 1 aliphatic rings. The van der Waals surface area contributed by atoms with Crippen molar-refractivity contribution in [3.63, 3.8) is 0 Å². The van der Waals surface area contributed by atoms with Crippen LogP contribution in [0.5, 0.6) is 0 Å². The standard InChI is InChI=1S/C17H18ClN3O2/c1-20-16(22)6-5-15(19-20)9-17(23)21-10-13(11-21)7-12-3-2-4-14(18)8-12/h2-6,8,13H,7,9-11H2,1H3. The van der Waals surface area contributed by atoms with Gasteiger partial charge in [0.2, 0.25) is 5.91 Å². The smallest absolute Gasteiger partial charge is 0.266 e. The minimum atomic E-state index is -0.174. The summed E-state index contributed by atoms with van der Waals surface area (Å²) in [6.45, 7) is 1.52. The Morgan fingerprint density at radius 3 is 2.78 bits per heavy atom. The SMILES string of the molecule is Cn1nc(CC(=O)N2CC(Cc3cccc(Cl)c3)C2)ccc1=O. The summed E-state index contributed by atoms with van der Waals surface area (Å²) in [6, 6.07) is 10.9. The molecule has 1 aliphatic heterocycles. The molecule has 6 heteroatoms. The Kier molecular flexibility index (Phi) is 4.48. The quantitative estimate of drug-likeness (QED) is 0.856. The van der Waals surface area contributed by atoms with Gasteiger partial charge in [0.25, 0.3) is 5.56 Å². The van der Waals surface area contributed by atoms with Gasteiger partial charge in [0, 0.05) is 31.2 Å². The Hall–Kier alpha value is -2.14. The largest absolute Gasteiger partial charge is 0.342 e. The Balaban J connectivity index is 1.51. The lowest BCUT2D eigenvalue weighted by Crippen LogP contribution is -2.51. The fourth-order valence-electron chi connectivity index (χ4n) is 2.81. The van der Waals surface area contributed by atoms with Gasteiger partial charge < -0.3 is 4.90 Å². The minimum Gasteiger partial charge on any atom is -0.342 e. The second kappa shape index (κ2) is 6.54. The summed E-state index contributed by atoms with van der Waals surface area (Å²) in [5, 5.41) is 4.84. The van der Waals surface area contributed by atoms with Gasteiger partial charge in [0.15, 0.2) is 0 Å². The number of halogens is 1. The van der Waals surface area contributed by atoms with Crippen LogP contribution in [0.1, 0.15) is 11.3 Å². The van der Waals surface area contributed by atoms with Crippen LogP contribution in [0.4, 0.5) is 0 Å². The molecule has 1 saturated heterocycles. The number of aryl methyl sites for hydroxylation is 1. The molecule has 0 spiro atoms. The molecule has 2 aromatic rings. The Morgan fingerprint density at radius 1 is 1.30 bits per heavy atom. The number of hydrogen-bond acceptors (Lipinski definition) is 3. The van der Waals surface area contributed by atoms with Gasteiger partial charge in [-0.3, -0.25) is 9.59 Å².